The highest BCUT2D eigenvalue weighted by Gasteiger charge is 2.35. The van der Waals surface area contributed by atoms with Crippen LogP contribution in [-0.4, -0.2) is 38.5 Å². The summed E-state index contributed by atoms with van der Waals surface area (Å²) in [6.07, 6.45) is -0.910. The molecular formula is C20H18N4O4S. The van der Waals surface area contributed by atoms with Gasteiger partial charge >= 0.3 is 11.4 Å². The summed E-state index contributed by atoms with van der Waals surface area (Å²) < 4.78 is 14.2. The third-order valence-electron chi connectivity index (χ3n) is 4.51. The molecule has 8 nitrogen and oxygen atoms in total. The number of hydrogen-bond acceptors (Lipinski definition) is 6. The summed E-state index contributed by atoms with van der Waals surface area (Å²) >= 11 is 5.33. The third kappa shape index (κ3) is 3.09. The molecule has 9 heteroatoms. The monoisotopic (exact) mass is 410 g/mol. The summed E-state index contributed by atoms with van der Waals surface area (Å²) in [7, 11) is 1.57. The van der Waals surface area contributed by atoms with Gasteiger partial charge in [0.15, 0.2) is 5.84 Å². The van der Waals surface area contributed by atoms with Gasteiger partial charge in [-0.15, -0.1) is 0 Å². The Hall–Kier alpha value is -3.46. The molecule has 1 aliphatic rings. The Morgan fingerprint density at radius 1 is 1.07 bits per heavy atom. The number of aliphatic imine (C=N–C) groups is 1. The fraction of sp³-hybridized carbons (Fsp3) is 0.200. The van der Waals surface area contributed by atoms with E-state index >= 15 is 0 Å². The Labute approximate surface area is 171 Å². The number of methoxy groups -OCH3 is 1. The van der Waals surface area contributed by atoms with Crippen LogP contribution in [0.5, 0.6) is 5.75 Å². The molecule has 0 radical (unpaired) electrons. The zero-order valence-corrected chi connectivity index (χ0v) is 16.6. The maximum atomic E-state index is 13.2. The quantitative estimate of drug-likeness (QED) is 0.601. The Morgan fingerprint density at radius 3 is 2.38 bits per heavy atom. The van der Waals surface area contributed by atoms with Crippen LogP contribution < -0.4 is 16.1 Å². The normalized spacial score (nSPS) is 15.0. The highest BCUT2D eigenvalue weighted by molar-refractivity contribution is 7.80. The molecular weight excluding hydrogens is 392 g/mol. The molecule has 3 aromatic rings. The molecule has 1 atom stereocenters. The first-order chi connectivity index (χ1) is 14.1. The Bertz CT molecular complexity index is 1210. The maximum absolute atomic E-state index is 13.2. The summed E-state index contributed by atoms with van der Waals surface area (Å²) in [6.45, 7) is 2.13. The zero-order chi connectivity index (χ0) is 20.5. The molecule has 1 aromatic heterocycles. The van der Waals surface area contributed by atoms with Gasteiger partial charge in [0.25, 0.3) is 0 Å². The number of fused-ring (bicyclic) bond motifs is 1. The van der Waals surface area contributed by atoms with Crippen LogP contribution in [0.3, 0.4) is 0 Å². The van der Waals surface area contributed by atoms with E-state index in [9.17, 15) is 9.59 Å². The second-order valence-electron chi connectivity index (χ2n) is 6.20. The Kier molecular flexibility index (Phi) is 4.89. The fourth-order valence-corrected chi connectivity index (χ4v) is 3.46. The first kappa shape index (κ1) is 18.9. The van der Waals surface area contributed by atoms with Gasteiger partial charge in [-0.3, -0.25) is 0 Å². The number of thiocarbonyl (C=S) groups is 1. The lowest BCUT2D eigenvalue weighted by Gasteiger charge is -2.10. The Morgan fingerprint density at radius 2 is 1.76 bits per heavy atom. The van der Waals surface area contributed by atoms with E-state index in [0.29, 0.717) is 29.4 Å². The lowest BCUT2D eigenvalue weighted by molar-refractivity contribution is 0.307. The van der Waals surface area contributed by atoms with E-state index in [4.69, 9.17) is 21.7 Å². The SMILES string of the molecule is CCOC(=S)C1N=C(c2ccc(OC)cc2)n2c(=O)n(-c3ccccc3)c(=O)n21. The van der Waals surface area contributed by atoms with E-state index in [1.807, 2.05) is 6.07 Å². The minimum absolute atomic E-state index is 0.122. The van der Waals surface area contributed by atoms with Crippen LogP contribution in [0.2, 0.25) is 0 Å². The van der Waals surface area contributed by atoms with Gasteiger partial charge in [0.05, 0.1) is 19.4 Å². The van der Waals surface area contributed by atoms with Gasteiger partial charge < -0.3 is 9.47 Å². The molecule has 0 amide bonds. The van der Waals surface area contributed by atoms with E-state index in [0.717, 1.165) is 4.57 Å². The van der Waals surface area contributed by atoms with Crippen LogP contribution in [0, 0.1) is 0 Å². The summed E-state index contributed by atoms with van der Waals surface area (Å²) in [5, 5.41) is 0.122. The van der Waals surface area contributed by atoms with E-state index in [1.165, 1.54) is 9.36 Å². The molecule has 0 aliphatic carbocycles. The molecule has 0 spiro atoms. The molecule has 2 aromatic carbocycles. The van der Waals surface area contributed by atoms with E-state index in [2.05, 4.69) is 4.99 Å². The molecule has 1 aliphatic heterocycles. The summed E-state index contributed by atoms with van der Waals surface area (Å²) in [6, 6.07) is 15.8. The molecule has 2 heterocycles. The smallest absolute Gasteiger partial charge is 0.358 e. The lowest BCUT2D eigenvalue weighted by atomic mass is 10.2. The van der Waals surface area contributed by atoms with Crippen LogP contribution >= 0.6 is 12.2 Å². The number of hydrogen-bond donors (Lipinski definition) is 0. The van der Waals surface area contributed by atoms with Gasteiger partial charge in [0.2, 0.25) is 11.2 Å². The zero-order valence-electron chi connectivity index (χ0n) is 15.8. The predicted molar refractivity (Wildman–Crippen MR) is 112 cm³/mol. The van der Waals surface area contributed by atoms with Gasteiger partial charge in [0, 0.05) is 5.56 Å². The second kappa shape index (κ2) is 7.51. The van der Waals surface area contributed by atoms with E-state index in [1.54, 1.807) is 62.6 Å². The van der Waals surface area contributed by atoms with E-state index in [-0.39, 0.29) is 5.05 Å². The van der Waals surface area contributed by atoms with E-state index < -0.39 is 17.5 Å². The summed E-state index contributed by atoms with van der Waals surface area (Å²) in [4.78, 5) is 30.9. The molecule has 0 saturated heterocycles. The summed E-state index contributed by atoms with van der Waals surface area (Å²) in [5.74, 6) is 0.983. The maximum Gasteiger partial charge on any atom is 0.358 e. The van der Waals surface area contributed by atoms with Crippen molar-refractivity contribution in [2.45, 2.75) is 13.1 Å². The van der Waals surface area contributed by atoms with Gasteiger partial charge in [-0.05, 0) is 55.5 Å². The minimum Gasteiger partial charge on any atom is -0.497 e. The number of benzene rings is 2. The topological polar surface area (TPSA) is 79.8 Å². The molecule has 148 valence electrons. The number of rotatable bonds is 5. The molecule has 1 unspecified atom stereocenters. The molecule has 0 saturated carbocycles. The Balaban J connectivity index is 1.94. The number of nitrogens with zero attached hydrogens (tertiary/aromatic N) is 4. The molecule has 0 bridgehead atoms. The van der Waals surface area contributed by atoms with Crippen molar-refractivity contribution in [1.82, 2.24) is 13.9 Å². The molecule has 29 heavy (non-hydrogen) atoms. The van der Waals surface area contributed by atoms with Crippen LogP contribution in [0.15, 0.2) is 69.2 Å². The number of aromatic nitrogens is 3. The van der Waals surface area contributed by atoms with Crippen molar-refractivity contribution in [2.24, 2.45) is 4.99 Å². The van der Waals surface area contributed by atoms with Gasteiger partial charge in [-0.1, -0.05) is 18.2 Å². The largest absolute Gasteiger partial charge is 0.497 e. The van der Waals surface area contributed by atoms with Crippen molar-refractivity contribution in [3.8, 4) is 11.4 Å². The first-order valence-electron chi connectivity index (χ1n) is 8.98. The predicted octanol–water partition coefficient (Wildman–Crippen LogP) is 1.98. The lowest BCUT2D eigenvalue weighted by Crippen LogP contribution is -2.31. The minimum atomic E-state index is -0.910. The third-order valence-corrected chi connectivity index (χ3v) is 4.84. The van der Waals surface area contributed by atoms with Crippen molar-refractivity contribution in [2.75, 3.05) is 13.7 Å². The molecule has 0 fully saturated rings. The van der Waals surface area contributed by atoms with Crippen LogP contribution in [-0.2, 0) is 4.74 Å². The van der Waals surface area contributed by atoms with Gasteiger partial charge in [-0.2, -0.15) is 9.36 Å². The van der Waals surface area contributed by atoms with Crippen molar-refractivity contribution < 1.29 is 9.47 Å². The average Bonchev–Trinajstić information content (AvgIpc) is 3.26. The highest BCUT2D eigenvalue weighted by atomic mass is 32.1. The average molecular weight is 410 g/mol. The van der Waals surface area contributed by atoms with Crippen LogP contribution in [0.4, 0.5) is 0 Å². The van der Waals surface area contributed by atoms with Gasteiger partial charge in [-0.25, -0.2) is 19.1 Å². The summed E-state index contributed by atoms with van der Waals surface area (Å²) in [5.41, 5.74) is 0.0406. The first-order valence-corrected chi connectivity index (χ1v) is 9.39. The molecule has 0 N–H and O–H groups in total. The molecule has 4 rings (SSSR count). The second-order valence-corrected chi connectivity index (χ2v) is 6.60. The van der Waals surface area contributed by atoms with Crippen LogP contribution in [0.25, 0.3) is 5.69 Å². The number of para-hydroxylation sites is 1. The standard InChI is InChI=1S/C20H18N4O4S/c1-3-28-18(29)17-21-16(13-9-11-15(27-2)12-10-13)23-19(25)22(20(26)24(17)23)14-7-5-4-6-8-14/h4-12,17H,3H2,1-2H3. The van der Waals surface area contributed by atoms with Crippen molar-refractivity contribution in [3.05, 3.63) is 81.1 Å². The highest BCUT2D eigenvalue weighted by Crippen LogP contribution is 2.21. The van der Waals surface area contributed by atoms with Crippen molar-refractivity contribution >= 4 is 23.1 Å². The van der Waals surface area contributed by atoms with Crippen LogP contribution in [0.1, 0.15) is 18.7 Å². The van der Waals surface area contributed by atoms with Crippen molar-refractivity contribution in [1.29, 1.82) is 0 Å². The van der Waals surface area contributed by atoms with Crippen molar-refractivity contribution in [3.63, 3.8) is 0 Å². The van der Waals surface area contributed by atoms with Gasteiger partial charge in [0.1, 0.15) is 5.75 Å². The fourth-order valence-electron chi connectivity index (χ4n) is 3.19. The number of ether oxygens (including phenoxy) is 2.